The van der Waals surface area contributed by atoms with Crippen LogP contribution in [0.5, 0.6) is 0 Å². The Morgan fingerprint density at radius 3 is 2.58 bits per heavy atom. The molecule has 0 spiro atoms. The molecule has 0 atom stereocenters. The molecule has 0 fully saturated rings. The largest absolute Gasteiger partial charge is 0.454 e. The Labute approximate surface area is 144 Å². The van der Waals surface area contributed by atoms with Gasteiger partial charge in [0.05, 0.1) is 6.54 Å². The number of aryl methyl sites for hydroxylation is 1. The zero-order valence-electron chi connectivity index (χ0n) is 13.4. The summed E-state index contributed by atoms with van der Waals surface area (Å²) in [6.45, 7) is -0.316. The third-order valence-electron chi connectivity index (χ3n) is 3.42. The highest BCUT2D eigenvalue weighted by Crippen LogP contribution is 2.26. The number of hydrogen-bond acceptors (Lipinski definition) is 4. The van der Waals surface area contributed by atoms with E-state index in [4.69, 9.17) is 4.42 Å². The molecule has 11 heteroatoms. The summed E-state index contributed by atoms with van der Waals surface area (Å²) >= 11 is 0. The average Bonchev–Trinajstić information content (AvgIpc) is 3.28. The molecule has 0 unspecified atom stereocenters. The molecular formula is C15H13F4N5O2. The fourth-order valence-electron chi connectivity index (χ4n) is 2.25. The van der Waals surface area contributed by atoms with Crippen molar-refractivity contribution in [3.8, 4) is 0 Å². The van der Waals surface area contributed by atoms with Crippen LogP contribution in [0.1, 0.15) is 40.6 Å². The summed E-state index contributed by atoms with van der Waals surface area (Å²) in [5.74, 6) is -0.241. The van der Waals surface area contributed by atoms with E-state index in [0.717, 1.165) is 4.68 Å². The van der Waals surface area contributed by atoms with E-state index in [2.05, 4.69) is 15.5 Å². The maximum Gasteiger partial charge on any atom is 0.292 e. The molecule has 1 amide bonds. The van der Waals surface area contributed by atoms with Crippen LogP contribution in [-0.4, -0.2) is 25.5 Å². The number of nitrogens with one attached hydrogen (secondary N) is 1. The van der Waals surface area contributed by atoms with Crippen molar-refractivity contribution in [2.45, 2.75) is 19.4 Å². The summed E-state index contributed by atoms with van der Waals surface area (Å²) in [6, 6.07) is 4.94. The first kappa shape index (κ1) is 17.7. The van der Waals surface area contributed by atoms with Gasteiger partial charge in [-0.3, -0.25) is 14.2 Å². The molecule has 1 N–H and O–H groups in total. The standard InChI is InChI=1S/C15H13F4N5O2/c1-23-5-4-12(22-23)20-15(25)11-3-2-8(26-11)7-24-10(14(18)19)6-9(21-24)13(16)17/h2-6,13-14H,7H2,1H3,(H,20,22,25). The first-order valence-corrected chi connectivity index (χ1v) is 7.37. The average molecular weight is 371 g/mol. The normalized spacial score (nSPS) is 11.5. The minimum absolute atomic E-state index is 0.0783. The number of nitrogens with zero attached hydrogens (tertiary/aromatic N) is 4. The number of furan rings is 1. The summed E-state index contributed by atoms with van der Waals surface area (Å²) in [5.41, 5.74) is -1.41. The SMILES string of the molecule is Cn1ccc(NC(=O)c2ccc(Cn3nc(C(F)F)cc3C(F)F)o2)n1. The number of aromatic nitrogens is 4. The van der Waals surface area contributed by atoms with Crippen molar-refractivity contribution < 1.29 is 26.8 Å². The van der Waals surface area contributed by atoms with Crippen LogP contribution < -0.4 is 5.32 Å². The molecule has 0 aliphatic heterocycles. The van der Waals surface area contributed by atoms with Crippen molar-refractivity contribution in [2.75, 3.05) is 5.32 Å². The molecule has 3 aromatic rings. The Balaban J connectivity index is 1.75. The second kappa shape index (κ2) is 7.02. The topological polar surface area (TPSA) is 77.9 Å². The van der Waals surface area contributed by atoms with E-state index < -0.39 is 30.1 Å². The van der Waals surface area contributed by atoms with Crippen LogP contribution in [-0.2, 0) is 13.6 Å². The molecule has 3 rings (SSSR count). The lowest BCUT2D eigenvalue weighted by Crippen LogP contribution is -2.11. The molecule has 0 aromatic carbocycles. The number of rotatable bonds is 6. The highest BCUT2D eigenvalue weighted by Gasteiger charge is 2.22. The van der Waals surface area contributed by atoms with E-state index in [-0.39, 0.29) is 18.1 Å². The van der Waals surface area contributed by atoms with Crippen LogP contribution in [0.3, 0.4) is 0 Å². The quantitative estimate of drug-likeness (QED) is 0.674. The number of carbonyl (C=O) groups is 1. The van der Waals surface area contributed by atoms with E-state index in [0.29, 0.717) is 11.9 Å². The van der Waals surface area contributed by atoms with E-state index >= 15 is 0 Å². The number of alkyl halides is 4. The summed E-state index contributed by atoms with van der Waals surface area (Å²) in [7, 11) is 1.68. The molecule has 3 aromatic heterocycles. The van der Waals surface area contributed by atoms with Gasteiger partial charge in [-0.1, -0.05) is 0 Å². The van der Waals surface area contributed by atoms with Gasteiger partial charge in [0.1, 0.15) is 17.1 Å². The first-order valence-electron chi connectivity index (χ1n) is 7.37. The van der Waals surface area contributed by atoms with Crippen molar-refractivity contribution in [3.63, 3.8) is 0 Å². The van der Waals surface area contributed by atoms with Gasteiger partial charge in [-0.15, -0.1) is 0 Å². The predicted octanol–water partition coefficient (Wildman–Crippen LogP) is 3.39. The molecule has 0 aliphatic rings. The van der Waals surface area contributed by atoms with Crippen LogP contribution in [0.4, 0.5) is 23.4 Å². The molecule has 0 radical (unpaired) electrons. The van der Waals surface area contributed by atoms with Crippen LogP contribution in [0, 0.1) is 0 Å². The molecule has 0 bridgehead atoms. The van der Waals surface area contributed by atoms with Gasteiger partial charge in [-0.05, 0) is 18.2 Å². The molecule has 138 valence electrons. The Morgan fingerprint density at radius 1 is 1.19 bits per heavy atom. The second-order valence-corrected chi connectivity index (χ2v) is 5.35. The number of hydrogen-bond donors (Lipinski definition) is 1. The molecule has 0 saturated carbocycles. The summed E-state index contributed by atoms with van der Waals surface area (Å²) in [4.78, 5) is 12.1. The van der Waals surface area contributed by atoms with Crippen LogP contribution in [0.25, 0.3) is 0 Å². The van der Waals surface area contributed by atoms with Crippen molar-refractivity contribution in [3.05, 3.63) is 53.4 Å². The summed E-state index contributed by atoms with van der Waals surface area (Å²) < 4.78 is 58.8. The Kier molecular flexibility index (Phi) is 4.78. The van der Waals surface area contributed by atoms with Gasteiger partial charge in [0, 0.05) is 19.3 Å². The molecule has 3 heterocycles. The molecule has 26 heavy (non-hydrogen) atoms. The van der Waals surface area contributed by atoms with Crippen LogP contribution in [0.2, 0.25) is 0 Å². The maximum absolute atomic E-state index is 13.0. The van der Waals surface area contributed by atoms with Crippen molar-refractivity contribution >= 4 is 11.7 Å². The fourth-order valence-corrected chi connectivity index (χ4v) is 2.25. The van der Waals surface area contributed by atoms with Crippen LogP contribution >= 0.6 is 0 Å². The molecule has 7 nitrogen and oxygen atoms in total. The van der Waals surface area contributed by atoms with Gasteiger partial charge < -0.3 is 9.73 Å². The third kappa shape index (κ3) is 3.76. The third-order valence-corrected chi connectivity index (χ3v) is 3.42. The van der Waals surface area contributed by atoms with Crippen molar-refractivity contribution in [2.24, 2.45) is 7.05 Å². The van der Waals surface area contributed by atoms with E-state index in [1.54, 1.807) is 19.3 Å². The minimum atomic E-state index is -2.98. The van der Waals surface area contributed by atoms with E-state index in [1.807, 2.05) is 0 Å². The maximum atomic E-state index is 13.0. The number of anilines is 1. The number of carbonyl (C=O) groups excluding carboxylic acids is 1. The lowest BCUT2D eigenvalue weighted by molar-refractivity contribution is 0.0993. The smallest absolute Gasteiger partial charge is 0.292 e. The van der Waals surface area contributed by atoms with Crippen molar-refractivity contribution in [1.82, 2.24) is 19.6 Å². The zero-order valence-corrected chi connectivity index (χ0v) is 13.4. The predicted molar refractivity (Wildman–Crippen MR) is 81.1 cm³/mol. The Hall–Kier alpha value is -3.11. The lowest BCUT2D eigenvalue weighted by atomic mass is 10.3. The summed E-state index contributed by atoms with van der Waals surface area (Å²) in [6.07, 6.45) is -4.31. The highest BCUT2D eigenvalue weighted by molar-refractivity contribution is 6.01. The number of halogens is 4. The van der Waals surface area contributed by atoms with Gasteiger partial charge in [0.15, 0.2) is 11.6 Å². The second-order valence-electron chi connectivity index (χ2n) is 5.35. The number of amides is 1. The van der Waals surface area contributed by atoms with Crippen molar-refractivity contribution in [1.29, 1.82) is 0 Å². The highest BCUT2D eigenvalue weighted by atomic mass is 19.3. The molecule has 0 aliphatic carbocycles. The zero-order chi connectivity index (χ0) is 18.8. The lowest BCUT2D eigenvalue weighted by Gasteiger charge is -2.04. The van der Waals surface area contributed by atoms with E-state index in [1.165, 1.54) is 16.8 Å². The van der Waals surface area contributed by atoms with Gasteiger partial charge in [-0.25, -0.2) is 17.6 Å². The molecular weight excluding hydrogens is 358 g/mol. The van der Waals surface area contributed by atoms with Crippen LogP contribution in [0.15, 0.2) is 34.9 Å². The monoisotopic (exact) mass is 371 g/mol. The minimum Gasteiger partial charge on any atom is -0.454 e. The van der Waals surface area contributed by atoms with Gasteiger partial charge in [0.2, 0.25) is 0 Å². The first-order chi connectivity index (χ1) is 12.3. The Morgan fingerprint density at radius 2 is 1.96 bits per heavy atom. The van der Waals surface area contributed by atoms with Gasteiger partial charge in [0.25, 0.3) is 18.8 Å². The summed E-state index contributed by atoms with van der Waals surface area (Å²) in [5, 5.41) is 9.94. The fraction of sp³-hybridized carbons (Fsp3) is 0.267. The van der Waals surface area contributed by atoms with Gasteiger partial charge in [-0.2, -0.15) is 10.2 Å². The Bertz CT molecular complexity index is 915. The van der Waals surface area contributed by atoms with Gasteiger partial charge >= 0.3 is 0 Å². The molecule has 0 saturated heterocycles. The van der Waals surface area contributed by atoms with E-state index in [9.17, 15) is 22.4 Å².